The number of hydrogen-bond donors (Lipinski definition) is 7. The van der Waals surface area contributed by atoms with Gasteiger partial charge in [-0.2, -0.15) is 15.0 Å². The molecule has 0 radical (unpaired) electrons. The number of hydrogen-bond acceptors (Lipinski definition) is 12. The van der Waals surface area contributed by atoms with Crippen molar-refractivity contribution < 1.29 is 15.6 Å². The first-order chi connectivity index (χ1) is 18.4. The van der Waals surface area contributed by atoms with Crippen LogP contribution in [0.2, 0.25) is 10.0 Å². The lowest BCUT2D eigenvalue weighted by Crippen LogP contribution is -2.34. The van der Waals surface area contributed by atoms with Gasteiger partial charge < -0.3 is 50.1 Å². The largest absolute Gasteiger partial charge is 0.507 e. The van der Waals surface area contributed by atoms with Crippen LogP contribution in [0, 0.1) is 6.92 Å². The Balaban J connectivity index is -0.000000653. The lowest BCUT2D eigenvalue weighted by molar-refractivity contribution is 0.102. The quantitative estimate of drug-likeness (QED) is 0.131. The SMILES string of the molecule is Cc1cc(Nc2nc(N3CCCCC3)nc(N3CCCCC3)n2)cc(Cl)c1NC(=O)c1ccc(Cl)cc1O.Cl.N.N.N.N.[HH].[HH].[HH].[HH]. The third-order valence-corrected chi connectivity index (χ3v) is 7.41. The monoisotopic (exact) mass is 667 g/mol. The Morgan fingerprint density at radius 2 is 1.37 bits per heavy atom. The molecule has 16 heteroatoms. The summed E-state index contributed by atoms with van der Waals surface area (Å²) in [5.74, 6) is 1.15. The summed E-state index contributed by atoms with van der Waals surface area (Å²) < 4.78 is 0. The standard InChI is InChI=1S/C27H31Cl2N7O2.ClH.4H3N.4H2/c1-17-14-19(16-21(29)23(17)31-24(38)20-9-8-18(28)15-22(20)37)30-25-32-26(35-10-4-2-5-11-35)34-27(33-25)36-12-6-3-7-13-36;;;;;;;;;/h8-9,14-16,37H,2-7,10-13H2,1H3,(H,31,38)(H,30,32,33,34);1H;4*1H3;4*1H. The summed E-state index contributed by atoms with van der Waals surface area (Å²) >= 11 is 12.5. The third-order valence-electron chi connectivity index (χ3n) is 6.88. The Bertz CT molecular complexity index is 1300. The van der Waals surface area contributed by atoms with E-state index in [1.165, 1.54) is 25.0 Å². The Morgan fingerprint density at radius 3 is 1.86 bits per heavy atom. The molecule has 0 aliphatic carbocycles. The summed E-state index contributed by atoms with van der Waals surface area (Å²) in [5, 5.41) is 16.9. The number of phenolic OH excluding ortho intramolecular Hbond substituents is 1. The summed E-state index contributed by atoms with van der Waals surface area (Å²) in [7, 11) is 0. The van der Waals surface area contributed by atoms with Gasteiger partial charge in [-0.3, -0.25) is 4.79 Å². The number of benzene rings is 2. The number of aromatic hydroxyl groups is 1. The number of anilines is 5. The van der Waals surface area contributed by atoms with E-state index < -0.39 is 5.91 Å². The van der Waals surface area contributed by atoms with Crippen molar-refractivity contribution in [1.82, 2.24) is 39.6 Å². The molecule has 2 aliphatic heterocycles. The van der Waals surface area contributed by atoms with Gasteiger partial charge in [0.25, 0.3) is 5.91 Å². The third kappa shape index (κ3) is 9.66. The Kier molecular flexibility index (Phi) is 16.5. The second kappa shape index (κ2) is 17.8. The molecule has 3 aromatic rings. The molecule has 2 aliphatic rings. The molecule has 2 fully saturated rings. The molecule has 248 valence electrons. The van der Waals surface area contributed by atoms with Crippen molar-refractivity contribution in [2.24, 2.45) is 0 Å². The van der Waals surface area contributed by atoms with Crippen LogP contribution in [0.1, 0.15) is 60.2 Å². The van der Waals surface area contributed by atoms with Crippen LogP contribution in [0.3, 0.4) is 0 Å². The normalized spacial score (nSPS) is 14.0. The predicted molar refractivity (Wildman–Crippen MR) is 188 cm³/mol. The molecule has 0 unspecified atom stereocenters. The number of piperidine rings is 2. The van der Waals surface area contributed by atoms with Crippen LogP contribution >= 0.6 is 35.6 Å². The van der Waals surface area contributed by atoms with Crippen LogP contribution in [0.25, 0.3) is 0 Å². The number of aryl methyl sites for hydroxylation is 1. The molecular formula is C27H52Cl3N11O2. The summed E-state index contributed by atoms with van der Waals surface area (Å²) in [6, 6.07) is 7.92. The highest BCUT2D eigenvalue weighted by molar-refractivity contribution is 6.34. The lowest BCUT2D eigenvalue weighted by Gasteiger charge is -2.30. The predicted octanol–water partition coefficient (Wildman–Crippen LogP) is 8.22. The van der Waals surface area contributed by atoms with Gasteiger partial charge in [0.15, 0.2) is 0 Å². The number of nitrogens with one attached hydrogen (secondary N) is 2. The van der Waals surface area contributed by atoms with Gasteiger partial charge in [0.1, 0.15) is 5.75 Å². The van der Waals surface area contributed by atoms with Gasteiger partial charge in [-0.05, 0) is 81.3 Å². The van der Waals surface area contributed by atoms with Gasteiger partial charge in [-0.25, -0.2) is 0 Å². The molecule has 1 aromatic heterocycles. The first-order valence-corrected chi connectivity index (χ1v) is 13.8. The number of rotatable bonds is 6. The number of aromatic nitrogens is 3. The summed E-state index contributed by atoms with van der Waals surface area (Å²) in [5.41, 5.74) is 1.99. The molecule has 0 saturated carbocycles. The lowest BCUT2D eigenvalue weighted by atomic mass is 10.1. The molecule has 2 aromatic carbocycles. The van der Waals surface area contributed by atoms with Crippen molar-refractivity contribution in [3.63, 3.8) is 0 Å². The average molecular weight is 669 g/mol. The minimum Gasteiger partial charge on any atom is -0.507 e. The van der Waals surface area contributed by atoms with Crippen LogP contribution in [-0.2, 0) is 0 Å². The van der Waals surface area contributed by atoms with E-state index in [-0.39, 0.29) is 54.0 Å². The van der Waals surface area contributed by atoms with Crippen molar-refractivity contribution in [2.45, 2.75) is 45.4 Å². The summed E-state index contributed by atoms with van der Waals surface area (Å²) in [6.07, 6.45) is 6.97. The smallest absolute Gasteiger partial charge is 0.259 e. The highest BCUT2D eigenvalue weighted by Crippen LogP contribution is 2.33. The zero-order chi connectivity index (χ0) is 26.6. The molecule has 2 saturated heterocycles. The minimum atomic E-state index is -0.486. The molecule has 13 nitrogen and oxygen atoms in total. The van der Waals surface area contributed by atoms with E-state index in [2.05, 4.69) is 20.4 Å². The van der Waals surface area contributed by atoms with Crippen molar-refractivity contribution in [2.75, 3.05) is 46.6 Å². The van der Waals surface area contributed by atoms with E-state index in [0.717, 1.165) is 57.4 Å². The molecule has 1 amide bonds. The van der Waals surface area contributed by atoms with E-state index >= 15 is 0 Å². The first kappa shape index (κ1) is 39.8. The number of amides is 1. The van der Waals surface area contributed by atoms with Gasteiger partial charge in [0.05, 0.1) is 16.3 Å². The zero-order valence-corrected chi connectivity index (χ0v) is 26.9. The van der Waals surface area contributed by atoms with E-state index in [1.54, 1.807) is 12.1 Å². The minimum absolute atomic E-state index is 0. The Labute approximate surface area is 274 Å². The summed E-state index contributed by atoms with van der Waals surface area (Å²) in [4.78, 5) is 31.6. The first-order valence-electron chi connectivity index (χ1n) is 13.0. The maximum absolute atomic E-state index is 12.8. The van der Waals surface area contributed by atoms with Crippen molar-refractivity contribution in [3.05, 3.63) is 51.5 Å². The van der Waals surface area contributed by atoms with Gasteiger partial charge in [-0.15, -0.1) is 12.4 Å². The molecule has 0 bridgehead atoms. The fourth-order valence-electron chi connectivity index (χ4n) is 4.86. The van der Waals surface area contributed by atoms with E-state index in [0.29, 0.717) is 39.3 Å². The van der Waals surface area contributed by atoms with Gasteiger partial charge in [-0.1, -0.05) is 23.2 Å². The van der Waals surface area contributed by atoms with Crippen molar-refractivity contribution in [3.8, 4) is 5.75 Å². The topological polar surface area (TPSA) is 247 Å². The number of carbonyl (C=O) groups excluding carboxylic acids is 1. The van der Waals surface area contributed by atoms with Crippen LogP contribution < -0.4 is 45.0 Å². The molecule has 15 N–H and O–H groups in total. The van der Waals surface area contributed by atoms with E-state index in [4.69, 9.17) is 38.2 Å². The van der Waals surface area contributed by atoms with Crippen molar-refractivity contribution in [1.29, 1.82) is 0 Å². The number of nitrogens with zero attached hydrogens (tertiary/aromatic N) is 5. The second-order valence-electron chi connectivity index (χ2n) is 9.74. The van der Waals surface area contributed by atoms with Gasteiger partial charge in [0, 0.05) is 42.6 Å². The van der Waals surface area contributed by atoms with Crippen LogP contribution in [0.15, 0.2) is 30.3 Å². The fourth-order valence-corrected chi connectivity index (χ4v) is 5.34. The molecular weight excluding hydrogens is 617 g/mol. The molecule has 0 spiro atoms. The van der Waals surface area contributed by atoms with E-state index in [1.807, 2.05) is 13.0 Å². The summed E-state index contributed by atoms with van der Waals surface area (Å²) in [6.45, 7) is 5.59. The van der Waals surface area contributed by atoms with Gasteiger partial charge >= 0.3 is 0 Å². The van der Waals surface area contributed by atoms with Crippen LogP contribution in [0.4, 0.5) is 29.2 Å². The highest BCUT2D eigenvalue weighted by Gasteiger charge is 2.21. The maximum Gasteiger partial charge on any atom is 0.259 e. The van der Waals surface area contributed by atoms with Crippen LogP contribution in [0.5, 0.6) is 5.75 Å². The number of carbonyl (C=O) groups is 1. The number of phenols is 1. The maximum atomic E-state index is 12.8. The second-order valence-corrected chi connectivity index (χ2v) is 10.6. The molecule has 43 heavy (non-hydrogen) atoms. The Hall–Kier alpha value is -3.17. The highest BCUT2D eigenvalue weighted by atomic mass is 35.5. The number of halogens is 3. The molecule has 3 heterocycles. The van der Waals surface area contributed by atoms with Crippen molar-refractivity contribution >= 4 is 70.7 Å². The molecule has 5 rings (SSSR count). The zero-order valence-electron chi connectivity index (χ0n) is 24.5. The fraction of sp³-hybridized carbons (Fsp3) is 0.407. The average Bonchev–Trinajstić information content (AvgIpc) is 2.91. The van der Waals surface area contributed by atoms with Gasteiger partial charge in [0.2, 0.25) is 17.8 Å². The Morgan fingerprint density at radius 1 is 0.837 bits per heavy atom. The van der Waals surface area contributed by atoms with E-state index in [9.17, 15) is 9.90 Å². The molecule has 0 atom stereocenters. The van der Waals surface area contributed by atoms with Crippen LogP contribution in [-0.4, -0.2) is 52.1 Å².